The fraction of sp³-hybridized carbons (Fsp3) is 0.500. The summed E-state index contributed by atoms with van der Waals surface area (Å²) in [5.74, 6) is 0.141. The quantitative estimate of drug-likeness (QED) is 0.778. The molecule has 0 bridgehead atoms. The number of carbonyl (C=O) groups is 1. The molecule has 1 fully saturated rings. The second kappa shape index (κ2) is 6.21. The normalized spacial score (nSPS) is 19.5. The Bertz CT molecular complexity index is 396. The fourth-order valence-corrected chi connectivity index (χ4v) is 2.58. The number of hydrogen-bond donors (Lipinski definition) is 0. The number of benzene rings is 1. The van der Waals surface area contributed by atoms with E-state index in [4.69, 9.17) is 11.6 Å². The van der Waals surface area contributed by atoms with E-state index in [1.54, 1.807) is 0 Å². The first kappa shape index (κ1) is 13.4. The molecule has 1 aliphatic rings. The van der Waals surface area contributed by atoms with Gasteiger partial charge in [-0.15, -0.1) is 11.6 Å². The van der Waals surface area contributed by atoms with E-state index in [9.17, 15) is 4.79 Å². The second-order valence-electron chi connectivity index (χ2n) is 4.82. The van der Waals surface area contributed by atoms with E-state index >= 15 is 0 Å². The van der Waals surface area contributed by atoms with Gasteiger partial charge in [0.1, 0.15) is 5.88 Å². The highest BCUT2D eigenvalue weighted by Gasteiger charge is 2.28. The van der Waals surface area contributed by atoms with Gasteiger partial charge in [0.2, 0.25) is 5.91 Å². The molecule has 3 nitrogen and oxygen atoms in total. The molecular formula is C14H19ClN2O. The molecule has 0 N–H and O–H groups in total. The molecule has 4 heteroatoms. The van der Waals surface area contributed by atoms with Crippen LogP contribution in [0.25, 0.3) is 0 Å². The molecule has 1 aromatic carbocycles. The van der Waals surface area contributed by atoms with Crippen LogP contribution in [0.1, 0.15) is 12.0 Å². The third kappa shape index (κ3) is 3.24. The lowest BCUT2D eigenvalue weighted by atomic mass is 10.1. The average Bonchev–Trinajstić information content (AvgIpc) is 2.88. The first-order valence-corrected chi connectivity index (χ1v) is 6.82. The van der Waals surface area contributed by atoms with Gasteiger partial charge >= 0.3 is 0 Å². The Morgan fingerprint density at radius 1 is 1.44 bits per heavy atom. The summed E-state index contributed by atoms with van der Waals surface area (Å²) in [7, 11) is 2.12. The summed E-state index contributed by atoms with van der Waals surface area (Å²) in [6.07, 6.45) is 1.03. The topological polar surface area (TPSA) is 23.6 Å². The maximum atomic E-state index is 11.5. The van der Waals surface area contributed by atoms with Crippen LogP contribution in [0, 0.1) is 0 Å². The fourth-order valence-electron chi connectivity index (χ4n) is 2.41. The third-order valence-electron chi connectivity index (χ3n) is 3.53. The van der Waals surface area contributed by atoms with Crippen LogP contribution in [0.4, 0.5) is 0 Å². The van der Waals surface area contributed by atoms with Gasteiger partial charge in [-0.25, -0.2) is 0 Å². The molecule has 1 amide bonds. The molecule has 1 aromatic rings. The van der Waals surface area contributed by atoms with Crippen LogP contribution in [-0.4, -0.2) is 47.8 Å². The first-order chi connectivity index (χ1) is 8.70. The van der Waals surface area contributed by atoms with Crippen molar-refractivity contribution in [1.82, 2.24) is 9.80 Å². The smallest absolute Gasteiger partial charge is 0.237 e. The predicted octanol–water partition coefficient (Wildman–Crippen LogP) is 1.96. The van der Waals surface area contributed by atoms with Crippen molar-refractivity contribution >= 4 is 17.5 Å². The molecule has 1 saturated heterocycles. The molecule has 0 spiro atoms. The van der Waals surface area contributed by atoms with E-state index < -0.39 is 0 Å². The standard InChI is InChI=1S/C14H19ClN2O/c1-16(10-12-5-3-2-4-6-12)13-7-8-17(11-13)14(18)9-15/h2-6,13H,7-11H2,1H3/t13-/m0/s1. The zero-order valence-electron chi connectivity index (χ0n) is 10.7. The predicted molar refractivity (Wildman–Crippen MR) is 73.6 cm³/mol. The van der Waals surface area contributed by atoms with Gasteiger partial charge in [-0.3, -0.25) is 9.69 Å². The van der Waals surface area contributed by atoms with Crippen molar-refractivity contribution in [2.24, 2.45) is 0 Å². The van der Waals surface area contributed by atoms with Gasteiger partial charge in [-0.05, 0) is 19.0 Å². The highest BCUT2D eigenvalue weighted by Crippen LogP contribution is 2.17. The van der Waals surface area contributed by atoms with Gasteiger partial charge in [0.25, 0.3) is 0 Å². The minimum atomic E-state index is 0.0484. The van der Waals surface area contributed by atoms with E-state index in [1.165, 1.54) is 5.56 Å². The lowest BCUT2D eigenvalue weighted by molar-refractivity contribution is -0.127. The van der Waals surface area contributed by atoms with Crippen molar-refractivity contribution in [3.8, 4) is 0 Å². The van der Waals surface area contributed by atoms with Crippen molar-refractivity contribution in [2.45, 2.75) is 19.0 Å². The molecule has 0 aliphatic carbocycles. The number of amides is 1. The molecular weight excluding hydrogens is 248 g/mol. The summed E-state index contributed by atoms with van der Waals surface area (Å²) >= 11 is 5.58. The van der Waals surface area contributed by atoms with Crippen LogP contribution in [0.2, 0.25) is 0 Å². The summed E-state index contributed by atoms with van der Waals surface area (Å²) < 4.78 is 0. The summed E-state index contributed by atoms with van der Waals surface area (Å²) in [5.41, 5.74) is 1.31. The van der Waals surface area contributed by atoms with Crippen LogP contribution in [-0.2, 0) is 11.3 Å². The highest BCUT2D eigenvalue weighted by molar-refractivity contribution is 6.27. The van der Waals surface area contributed by atoms with Gasteiger partial charge in [0.15, 0.2) is 0 Å². The van der Waals surface area contributed by atoms with Gasteiger partial charge in [0, 0.05) is 25.7 Å². The summed E-state index contributed by atoms with van der Waals surface area (Å²) in [5, 5.41) is 0. The molecule has 1 heterocycles. The maximum Gasteiger partial charge on any atom is 0.237 e. The van der Waals surface area contributed by atoms with Crippen molar-refractivity contribution in [3.05, 3.63) is 35.9 Å². The van der Waals surface area contributed by atoms with Crippen LogP contribution in [0.3, 0.4) is 0 Å². The van der Waals surface area contributed by atoms with Gasteiger partial charge in [-0.1, -0.05) is 30.3 Å². The molecule has 1 atom stereocenters. The summed E-state index contributed by atoms with van der Waals surface area (Å²) in [6.45, 7) is 2.55. The minimum absolute atomic E-state index is 0.0484. The zero-order chi connectivity index (χ0) is 13.0. The number of likely N-dealkylation sites (tertiary alicyclic amines) is 1. The number of carbonyl (C=O) groups excluding carboxylic acids is 1. The van der Waals surface area contributed by atoms with Crippen molar-refractivity contribution < 1.29 is 4.79 Å². The van der Waals surface area contributed by atoms with Crippen LogP contribution in [0.15, 0.2) is 30.3 Å². The summed E-state index contributed by atoms with van der Waals surface area (Å²) in [4.78, 5) is 15.7. The molecule has 0 saturated carbocycles. The van der Waals surface area contributed by atoms with E-state index in [1.807, 2.05) is 11.0 Å². The SMILES string of the molecule is CN(Cc1ccccc1)[C@H]1CCN(C(=O)CCl)C1. The van der Waals surface area contributed by atoms with E-state index in [0.717, 1.165) is 26.1 Å². The van der Waals surface area contributed by atoms with Crippen molar-refractivity contribution in [1.29, 1.82) is 0 Å². The van der Waals surface area contributed by atoms with E-state index in [2.05, 4.69) is 36.2 Å². The number of nitrogens with zero attached hydrogens (tertiary/aromatic N) is 2. The molecule has 1 aliphatic heterocycles. The summed E-state index contributed by atoms with van der Waals surface area (Å²) in [6, 6.07) is 10.8. The number of likely N-dealkylation sites (N-methyl/N-ethyl adjacent to an activating group) is 1. The lowest BCUT2D eigenvalue weighted by Crippen LogP contribution is -2.36. The number of alkyl halides is 1. The molecule has 2 rings (SSSR count). The van der Waals surface area contributed by atoms with Gasteiger partial charge < -0.3 is 4.90 Å². The lowest BCUT2D eigenvalue weighted by Gasteiger charge is -2.24. The molecule has 18 heavy (non-hydrogen) atoms. The number of halogens is 1. The van der Waals surface area contributed by atoms with Crippen LogP contribution in [0.5, 0.6) is 0 Å². The number of hydrogen-bond acceptors (Lipinski definition) is 2. The second-order valence-corrected chi connectivity index (χ2v) is 5.08. The van der Waals surface area contributed by atoms with Crippen LogP contribution < -0.4 is 0 Å². The molecule has 0 unspecified atom stereocenters. The molecule has 98 valence electrons. The Morgan fingerprint density at radius 2 is 2.17 bits per heavy atom. The van der Waals surface area contributed by atoms with Gasteiger partial charge in [0.05, 0.1) is 0 Å². The third-order valence-corrected chi connectivity index (χ3v) is 3.76. The largest absolute Gasteiger partial charge is 0.340 e. The van der Waals surface area contributed by atoms with E-state index in [-0.39, 0.29) is 11.8 Å². The Labute approximate surface area is 113 Å². The molecule has 0 aromatic heterocycles. The Hall–Kier alpha value is -1.06. The highest BCUT2D eigenvalue weighted by atomic mass is 35.5. The Balaban J connectivity index is 1.88. The van der Waals surface area contributed by atoms with Gasteiger partial charge in [-0.2, -0.15) is 0 Å². The Morgan fingerprint density at radius 3 is 2.83 bits per heavy atom. The first-order valence-electron chi connectivity index (χ1n) is 6.28. The average molecular weight is 267 g/mol. The minimum Gasteiger partial charge on any atom is -0.340 e. The number of rotatable bonds is 4. The van der Waals surface area contributed by atoms with Crippen molar-refractivity contribution in [2.75, 3.05) is 26.0 Å². The Kier molecular flexibility index (Phi) is 4.61. The maximum absolute atomic E-state index is 11.5. The van der Waals surface area contributed by atoms with E-state index in [0.29, 0.717) is 6.04 Å². The zero-order valence-corrected chi connectivity index (χ0v) is 11.4. The monoisotopic (exact) mass is 266 g/mol. The van der Waals surface area contributed by atoms with Crippen LogP contribution >= 0.6 is 11.6 Å². The molecule has 0 radical (unpaired) electrons. The van der Waals surface area contributed by atoms with Crippen molar-refractivity contribution in [3.63, 3.8) is 0 Å².